The van der Waals surface area contributed by atoms with Gasteiger partial charge in [0.05, 0.1) is 11.5 Å². The number of nitrogens with zero attached hydrogens (tertiary/aromatic N) is 1. The molecule has 1 aromatic rings. The van der Waals surface area contributed by atoms with Crippen LogP contribution in [0.1, 0.15) is 43.7 Å². The minimum absolute atomic E-state index is 0.0848. The molecule has 1 aromatic carbocycles. The van der Waals surface area contributed by atoms with Gasteiger partial charge in [-0.2, -0.15) is 13.2 Å². The van der Waals surface area contributed by atoms with Crippen molar-refractivity contribution < 1.29 is 22.8 Å². The van der Waals surface area contributed by atoms with E-state index in [0.717, 1.165) is 25.0 Å². The molecule has 25 heavy (non-hydrogen) atoms. The Bertz CT molecular complexity index is 617. The molecule has 2 rings (SSSR count). The van der Waals surface area contributed by atoms with Crippen molar-refractivity contribution >= 4 is 11.8 Å². The van der Waals surface area contributed by atoms with Gasteiger partial charge in [0.1, 0.15) is 0 Å². The van der Waals surface area contributed by atoms with E-state index in [1.807, 2.05) is 6.92 Å². The highest BCUT2D eigenvalue weighted by molar-refractivity contribution is 5.83. The summed E-state index contributed by atoms with van der Waals surface area (Å²) >= 11 is 0. The molecule has 0 radical (unpaired) electrons. The summed E-state index contributed by atoms with van der Waals surface area (Å²) < 4.78 is 38.4. The number of piperidine rings is 1. The maximum atomic E-state index is 12.8. The number of unbranched alkanes of at least 4 members (excludes halogenated alkanes) is 1. The van der Waals surface area contributed by atoms with Crippen LogP contribution in [0, 0.1) is 5.92 Å². The lowest BCUT2D eigenvalue weighted by atomic mass is 9.96. The predicted octanol–water partition coefficient (Wildman–Crippen LogP) is 3.36. The fraction of sp³-hybridized carbons (Fsp3) is 0.556. The fourth-order valence-corrected chi connectivity index (χ4v) is 2.88. The number of rotatable bonds is 6. The van der Waals surface area contributed by atoms with Gasteiger partial charge in [0.25, 0.3) is 0 Å². The van der Waals surface area contributed by atoms with Crippen LogP contribution in [-0.2, 0) is 22.3 Å². The number of nitrogens with one attached hydrogen (secondary N) is 1. The number of alkyl halides is 3. The fourth-order valence-electron chi connectivity index (χ4n) is 2.88. The zero-order valence-corrected chi connectivity index (χ0v) is 14.2. The van der Waals surface area contributed by atoms with E-state index in [1.165, 1.54) is 11.0 Å². The van der Waals surface area contributed by atoms with Crippen LogP contribution in [0.4, 0.5) is 13.2 Å². The highest BCUT2D eigenvalue weighted by Crippen LogP contribution is 2.30. The van der Waals surface area contributed by atoms with Crippen molar-refractivity contribution in [2.45, 2.75) is 45.3 Å². The van der Waals surface area contributed by atoms with Gasteiger partial charge in [-0.15, -0.1) is 0 Å². The van der Waals surface area contributed by atoms with Crippen LogP contribution >= 0.6 is 0 Å². The SMILES string of the molecule is CCCCNC(=O)[C@H]1CCC(=O)N(Cc2cccc(C(F)(F)F)c2)C1. The van der Waals surface area contributed by atoms with E-state index in [0.29, 0.717) is 18.5 Å². The van der Waals surface area contributed by atoms with Crippen LogP contribution in [-0.4, -0.2) is 29.8 Å². The molecule has 2 amide bonds. The molecule has 7 heteroatoms. The molecule has 1 saturated heterocycles. The number of halogens is 3. The summed E-state index contributed by atoms with van der Waals surface area (Å²) in [5, 5.41) is 2.86. The van der Waals surface area contributed by atoms with Gasteiger partial charge in [-0.3, -0.25) is 9.59 Å². The summed E-state index contributed by atoms with van der Waals surface area (Å²) in [4.78, 5) is 25.7. The number of benzene rings is 1. The standard InChI is InChI=1S/C18H23F3N2O2/c1-2-3-9-22-17(25)14-7-8-16(24)23(12-14)11-13-5-4-6-15(10-13)18(19,20)21/h4-6,10,14H,2-3,7-9,11-12H2,1H3,(H,22,25)/t14-/m0/s1. The van der Waals surface area contributed by atoms with Gasteiger partial charge in [-0.05, 0) is 30.5 Å². The zero-order valence-electron chi connectivity index (χ0n) is 14.2. The molecule has 0 aromatic heterocycles. The highest BCUT2D eigenvalue weighted by Gasteiger charge is 2.32. The van der Waals surface area contributed by atoms with Crippen molar-refractivity contribution in [1.29, 1.82) is 0 Å². The molecule has 1 aliphatic rings. The van der Waals surface area contributed by atoms with Crippen LogP contribution in [0.5, 0.6) is 0 Å². The molecule has 0 unspecified atom stereocenters. The first-order valence-electron chi connectivity index (χ1n) is 8.53. The van der Waals surface area contributed by atoms with Crippen molar-refractivity contribution in [2.24, 2.45) is 5.92 Å². The molecule has 1 atom stereocenters. The molecule has 1 heterocycles. The minimum atomic E-state index is -4.41. The first kappa shape index (κ1) is 19.3. The second-order valence-corrected chi connectivity index (χ2v) is 6.35. The van der Waals surface area contributed by atoms with E-state index in [2.05, 4.69) is 5.32 Å². The van der Waals surface area contributed by atoms with Crippen molar-refractivity contribution in [2.75, 3.05) is 13.1 Å². The molecule has 138 valence electrons. The number of likely N-dealkylation sites (tertiary alicyclic amines) is 1. The number of carbonyl (C=O) groups excluding carboxylic acids is 2. The summed E-state index contributed by atoms with van der Waals surface area (Å²) in [6.45, 7) is 2.96. The van der Waals surface area contributed by atoms with Gasteiger partial charge in [0.15, 0.2) is 0 Å². The molecular formula is C18H23F3N2O2. The first-order chi connectivity index (χ1) is 11.8. The average molecular weight is 356 g/mol. The Labute approximate surface area is 145 Å². The normalized spacial score (nSPS) is 18.3. The summed E-state index contributed by atoms with van der Waals surface area (Å²) in [6.07, 6.45) is -1.82. The van der Waals surface area contributed by atoms with Gasteiger partial charge < -0.3 is 10.2 Å². The minimum Gasteiger partial charge on any atom is -0.356 e. The van der Waals surface area contributed by atoms with Gasteiger partial charge in [0, 0.05) is 26.1 Å². The number of hydrogen-bond donors (Lipinski definition) is 1. The molecule has 1 fully saturated rings. The van der Waals surface area contributed by atoms with Crippen molar-refractivity contribution in [3.63, 3.8) is 0 Å². The highest BCUT2D eigenvalue weighted by atomic mass is 19.4. The van der Waals surface area contributed by atoms with Crippen LogP contribution in [0.25, 0.3) is 0 Å². The Hall–Kier alpha value is -2.05. The maximum absolute atomic E-state index is 12.8. The van der Waals surface area contributed by atoms with Gasteiger partial charge in [-0.1, -0.05) is 25.5 Å². The van der Waals surface area contributed by atoms with Crippen molar-refractivity contribution in [3.05, 3.63) is 35.4 Å². The van der Waals surface area contributed by atoms with E-state index >= 15 is 0 Å². The van der Waals surface area contributed by atoms with Gasteiger partial charge in [0.2, 0.25) is 11.8 Å². The number of carbonyl (C=O) groups is 2. The Morgan fingerprint density at radius 1 is 1.36 bits per heavy atom. The van der Waals surface area contributed by atoms with Crippen LogP contribution in [0.15, 0.2) is 24.3 Å². The van der Waals surface area contributed by atoms with Crippen molar-refractivity contribution in [1.82, 2.24) is 10.2 Å². The second-order valence-electron chi connectivity index (χ2n) is 6.35. The maximum Gasteiger partial charge on any atom is 0.416 e. The van der Waals surface area contributed by atoms with E-state index in [1.54, 1.807) is 6.07 Å². The van der Waals surface area contributed by atoms with Crippen LogP contribution in [0.3, 0.4) is 0 Å². The largest absolute Gasteiger partial charge is 0.416 e. The monoisotopic (exact) mass is 356 g/mol. The quantitative estimate of drug-likeness (QED) is 0.795. The lowest BCUT2D eigenvalue weighted by Crippen LogP contribution is -2.45. The molecular weight excluding hydrogens is 333 g/mol. The predicted molar refractivity (Wildman–Crippen MR) is 87.5 cm³/mol. The molecule has 1 aliphatic heterocycles. The lowest BCUT2D eigenvalue weighted by molar-refractivity contribution is -0.139. The Morgan fingerprint density at radius 3 is 2.80 bits per heavy atom. The van der Waals surface area contributed by atoms with Crippen LogP contribution in [0.2, 0.25) is 0 Å². The van der Waals surface area contributed by atoms with Crippen molar-refractivity contribution in [3.8, 4) is 0 Å². The summed E-state index contributed by atoms with van der Waals surface area (Å²) in [7, 11) is 0. The summed E-state index contributed by atoms with van der Waals surface area (Å²) in [5.74, 6) is -0.523. The third-order valence-corrected chi connectivity index (χ3v) is 4.33. The summed E-state index contributed by atoms with van der Waals surface area (Å²) in [6, 6.07) is 4.96. The first-order valence-corrected chi connectivity index (χ1v) is 8.53. The molecule has 0 saturated carbocycles. The molecule has 0 aliphatic carbocycles. The Morgan fingerprint density at radius 2 is 2.12 bits per heavy atom. The van der Waals surface area contributed by atoms with E-state index in [4.69, 9.17) is 0 Å². The molecule has 0 bridgehead atoms. The van der Waals surface area contributed by atoms with Gasteiger partial charge >= 0.3 is 6.18 Å². The Balaban J connectivity index is 2.00. The van der Waals surface area contributed by atoms with E-state index < -0.39 is 11.7 Å². The third-order valence-electron chi connectivity index (χ3n) is 4.33. The smallest absolute Gasteiger partial charge is 0.356 e. The topological polar surface area (TPSA) is 49.4 Å². The Kier molecular flexibility index (Phi) is 6.45. The number of amides is 2. The zero-order chi connectivity index (χ0) is 18.4. The van der Waals surface area contributed by atoms with Crippen LogP contribution < -0.4 is 5.32 Å². The van der Waals surface area contributed by atoms with Gasteiger partial charge in [-0.25, -0.2) is 0 Å². The molecule has 4 nitrogen and oxygen atoms in total. The second kappa shape index (κ2) is 8.36. The van der Waals surface area contributed by atoms with E-state index in [9.17, 15) is 22.8 Å². The number of hydrogen-bond acceptors (Lipinski definition) is 2. The average Bonchev–Trinajstić information content (AvgIpc) is 2.56. The lowest BCUT2D eigenvalue weighted by Gasteiger charge is -2.32. The molecule has 1 N–H and O–H groups in total. The third kappa shape index (κ3) is 5.47. The summed E-state index contributed by atoms with van der Waals surface area (Å²) in [5.41, 5.74) is -0.321. The van der Waals surface area contributed by atoms with E-state index in [-0.39, 0.29) is 37.2 Å². The molecule has 0 spiro atoms.